The van der Waals surface area contributed by atoms with Gasteiger partial charge in [0.25, 0.3) is 0 Å². The van der Waals surface area contributed by atoms with E-state index in [1.54, 1.807) is 12.3 Å². The lowest BCUT2D eigenvalue weighted by Gasteiger charge is -2.37. The van der Waals surface area contributed by atoms with Gasteiger partial charge in [-0.1, -0.05) is 29.6 Å². The number of halogens is 2. The molecule has 110 valence electrons. The van der Waals surface area contributed by atoms with Gasteiger partial charge < -0.3 is 9.47 Å². The first-order valence-corrected chi connectivity index (χ1v) is 7.77. The Kier molecular flexibility index (Phi) is 4.79. The fourth-order valence-corrected chi connectivity index (χ4v) is 3.31. The van der Waals surface area contributed by atoms with Gasteiger partial charge in [0.2, 0.25) is 0 Å². The van der Waals surface area contributed by atoms with Gasteiger partial charge in [-0.05, 0) is 25.5 Å². The molecule has 0 spiro atoms. The SMILES string of the molecule is Clc1cnc(CN2CCCC[C@H]2C2OCCO2)c(Cl)c1. The molecule has 6 heteroatoms. The van der Waals surface area contributed by atoms with Crippen molar-refractivity contribution < 1.29 is 9.47 Å². The number of ether oxygens (including phenoxy) is 2. The minimum absolute atomic E-state index is 0.110. The fourth-order valence-electron chi connectivity index (χ4n) is 2.87. The fraction of sp³-hybridized carbons (Fsp3) is 0.643. The number of piperidine rings is 1. The molecule has 2 fully saturated rings. The second-order valence-electron chi connectivity index (χ2n) is 5.23. The van der Waals surface area contributed by atoms with Gasteiger partial charge in [-0.3, -0.25) is 9.88 Å². The van der Waals surface area contributed by atoms with Crippen molar-refractivity contribution >= 4 is 23.2 Å². The topological polar surface area (TPSA) is 34.6 Å². The van der Waals surface area contributed by atoms with Gasteiger partial charge in [0.05, 0.1) is 35.0 Å². The zero-order valence-corrected chi connectivity index (χ0v) is 12.7. The van der Waals surface area contributed by atoms with Crippen molar-refractivity contribution in [2.45, 2.75) is 38.1 Å². The molecule has 2 saturated heterocycles. The van der Waals surface area contributed by atoms with Crippen molar-refractivity contribution in [1.29, 1.82) is 0 Å². The molecule has 1 aromatic rings. The lowest BCUT2D eigenvalue weighted by molar-refractivity contribution is -0.111. The van der Waals surface area contributed by atoms with Crippen LogP contribution in [-0.2, 0) is 16.0 Å². The Hall–Kier alpha value is -0.390. The molecule has 3 heterocycles. The summed E-state index contributed by atoms with van der Waals surface area (Å²) in [4.78, 5) is 6.71. The average molecular weight is 317 g/mol. The predicted molar refractivity (Wildman–Crippen MR) is 78.0 cm³/mol. The van der Waals surface area contributed by atoms with E-state index in [2.05, 4.69) is 9.88 Å². The van der Waals surface area contributed by atoms with Crippen molar-refractivity contribution in [3.8, 4) is 0 Å². The van der Waals surface area contributed by atoms with Crippen LogP contribution < -0.4 is 0 Å². The Morgan fingerprint density at radius 2 is 2.05 bits per heavy atom. The van der Waals surface area contributed by atoms with E-state index in [0.29, 0.717) is 35.8 Å². The van der Waals surface area contributed by atoms with Gasteiger partial charge in [0, 0.05) is 12.7 Å². The number of rotatable bonds is 3. The molecule has 4 nitrogen and oxygen atoms in total. The van der Waals surface area contributed by atoms with Crippen LogP contribution in [0.15, 0.2) is 12.3 Å². The predicted octanol–water partition coefficient (Wildman–Crippen LogP) is 3.12. The van der Waals surface area contributed by atoms with Crippen LogP contribution in [0.4, 0.5) is 0 Å². The summed E-state index contributed by atoms with van der Waals surface area (Å²) < 4.78 is 11.3. The van der Waals surface area contributed by atoms with Crippen molar-refractivity contribution in [2.75, 3.05) is 19.8 Å². The molecule has 0 aromatic carbocycles. The summed E-state index contributed by atoms with van der Waals surface area (Å²) in [5.74, 6) is 0. The lowest BCUT2D eigenvalue weighted by atomic mass is 10.0. The van der Waals surface area contributed by atoms with E-state index in [1.807, 2.05) is 0 Å². The molecule has 0 bridgehead atoms. The van der Waals surface area contributed by atoms with Gasteiger partial charge in [0.15, 0.2) is 6.29 Å². The Bertz CT molecular complexity index is 466. The standard InChI is InChI=1S/C14H18Cl2N2O2/c15-10-7-11(16)12(17-8-10)9-18-4-2-1-3-13(18)14-19-5-6-20-14/h7-8,13-14H,1-6,9H2/t13-/m0/s1. The van der Waals surface area contributed by atoms with Crippen LogP contribution in [0, 0.1) is 0 Å². The normalized spacial score (nSPS) is 25.2. The average Bonchev–Trinajstić information content (AvgIpc) is 2.96. The molecule has 2 aliphatic rings. The number of nitrogens with zero attached hydrogens (tertiary/aromatic N) is 2. The zero-order chi connectivity index (χ0) is 13.9. The third-order valence-corrected chi connectivity index (χ3v) is 4.40. The summed E-state index contributed by atoms with van der Waals surface area (Å²) in [5, 5.41) is 1.19. The number of aromatic nitrogens is 1. The van der Waals surface area contributed by atoms with E-state index in [4.69, 9.17) is 32.7 Å². The quantitative estimate of drug-likeness (QED) is 0.858. The highest BCUT2D eigenvalue weighted by Gasteiger charge is 2.34. The Morgan fingerprint density at radius 3 is 2.80 bits per heavy atom. The highest BCUT2D eigenvalue weighted by atomic mass is 35.5. The van der Waals surface area contributed by atoms with Gasteiger partial charge in [-0.15, -0.1) is 0 Å². The Labute approximate surface area is 129 Å². The number of hydrogen-bond donors (Lipinski definition) is 0. The molecule has 20 heavy (non-hydrogen) atoms. The van der Waals surface area contributed by atoms with Gasteiger partial charge in [-0.25, -0.2) is 0 Å². The minimum Gasteiger partial charge on any atom is -0.349 e. The largest absolute Gasteiger partial charge is 0.349 e. The van der Waals surface area contributed by atoms with Crippen LogP contribution in [0.1, 0.15) is 25.0 Å². The van der Waals surface area contributed by atoms with Crippen LogP contribution in [0.3, 0.4) is 0 Å². The number of pyridine rings is 1. The van der Waals surface area contributed by atoms with Gasteiger partial charge in [0.1, 0.15) is 0 Å². The Morgan fingerprint density at radius 1 is 1.25 bits per heavy atom. The summed E-state index contributed by atoms with van der Waals surface area (Å²) in [6, 6.07) is 2.03. The first-order valence-electron chi connectivity index (χ1n) is 7.01. The van der Waals surface area contributed by atoms with E-state index in [1.165, 1.54) is 12.8 Å². The van der Waals surface area contributed by atoms with Crippen molar-refractivity contribution in [2.24, 2.45) is 0 Å². The van der Waals surface area contributed by atoms with E-state index in [9.17, 15) is 0 Å². The van der Waals surface area contributed by atoms with Crippen LogP contribution in [0.5, 0.6) is 0 Å². The number of likely N-dealkylation sites (tertiary alicyclic amines) is 1. The molecular formula is C14H18Cl2N2O2. The van der Waals surface area contributed by atoms with Crippen LogP contribution in [0.25, 0.3) is 0 Å². The molecule has 0 aliphatic carbocycles. The van der Waals surface area contributed by atoms with Crippen molar-refractivity contribution in [1.82, 2.24) is 9.88 Å². The highest BCUT2D eigenvalue weighted by Crippen LogP contribution is 2.27. The van der Waals surface area contributed by atoms with E-state index < -0.39 is 0 Å². The van der Waals surface area contributed by atoms with Gasteiger partial charge >= 0.3 is 0 Å². The second-order valence-corrected chi connectivity index (χ2v) is 6.07. The third kappa shape index (κ3) is 3.26. The monoisotopic (exact) mass is 316 g/mol. The summed E-state index contributed by atoms with van der Waals surface area (Å²) in [7, 11) is 0. The van der Waals surface area contributed by atoms with E-state index >= 15 is 0 Å². The highest BCUT2D eigenvalue weighted by molar-refractivity contribution is 6.34. The molecular weight excluding hydrogens is 299 g/mol. The summed E-state index contributed by atoms with van der Waals surface area (Å²) >= 11 is 12.1. The van der Waals surface area contributed by atoms with Crippen LogP contribution >= 0.6 is 23.2 Å². The summed E-state index contributed by atoms with van der Waals surface area (Å²) in [5.41, 5.74) is 0.862. The Balaban J connectivity index is 1.72. The molecule has 1 atom stereocenters. The van der Waals surface area contributed by atoms with Crippen molar-refractivity contribution in [3.05, 3.63) is 28.0 Å². The maximum atomic E-state index is 6.22. The molecule has 0 radical (unpaired) electrons. The molecule has 0 amide bonds. The molecule has 0 unspecified atom stereocenters. The molecule has 2 aliphatic heterocycles. The first-order chi connectivity index (χ1) is 9.74. The molecule has 1 aromatic heterocycles. The molecule has 0 N–H and O–H groups in total. The first kappa shape index (κ1) is 14.5. The smallest absolute Gasteiger partial charge is 0.173 e. The maximum Gasteiger partial charge on any atom is 0.173 e. The maximum absolute atomic E-state index is 6.22. The lowest BCUT2D eigenvalue weighted by Crippen LogP contribution is -2.46. The zero-order valence-electron chi connectivity index (χ0n) is 11.2. The summed E-state index contributed by atoms with van der Waals surface area (Å²) in [6.45, 7) is 3.11. The van der Waals surface area contributed by atoms with Gasteiger partial charge in [-0.2, -0.15) is 0 Å². The van der Waals surface area contributed by atoms with Crippen molar-refractivity contribution in [3.63, 3.8) is 0 Å². The third-order valence-electron chi connectivity index (χ3n) is 3.86. The molecule has 3 rings (SSSR count). The van der Waals surface area contributed by atoms with E-state index in [0.717, 1.165) is 18.7 Å². The second kappa shape index (κ2) is 6.58. The van der Waals surface area contributed by atoms with Crippen LogP contribution in [-0.4, -0.2) is 42.0 Å². The number of hydrogen-bond acceptors (Lipinski definition) is 4. The molecule has 0 saturated carbocycles. The summed E-state index contributed by atoms with van der Waals surface area (Å²) in [6.07, 6.45) is 5.03. The van der Waals surface area contributed by atoms with E-state index in [-0.39, 0.29) is 6.29 Å². The minimum atomic E-state index is -0.110. The van der Waals surface area contributed by atoms with Crippen LogP contribution in [0.2, 0.25) is 10.0 Å².